The molecule has 0 heterocycles. The van der Waals surface area contributed by atoms with Crippen LogP contribution in [0.5, 0.6) is 0 Å². The summed E-state index contributed by atoms with van der Waals surface area (Å²) in [5.41, 5.74) is 1.53. The van der Waals surface area contributed by atoms with E-state index >= 15 is 0 Å². The van der Waals surface area contributed by atoms with Crippen molar-refractivity contribution < 1.29 is 78.8 Å². The molecule has 0 bridgehead atoms. The number of carboxylic acids is 4. The van der Waals surface area contributed by atoms with E-state index in [4.69, 9.17) is 15.0 Å². The molecule has 0 spiro atoms. The molecule has 0 rings (SSSR count). The molecule has 0 saturated carbocycles. The minimum atomic E-state index is -2.97. The van der Waals surface area contributed by atoms with E-state index < -0.39 is 42.3 Å². The van der Waals surface area contributed by atoms with Gasteiger partial charge in [0.2, 0.25) is 0 Å². The molecule has 0 aromatic heterocycles. The van der Waals surface area contributed by atoms with Gasteiger partial charge in [-0.15, -0.1) is 0 Å². The Morgan fingerprint density at radius 1 is 0.850 bits per heavy atom. The Balaban J connectivity index is -0.000000158. The molecule has 2 radical (unpaired) electrons. The van der Waals surface area contributed by atoms with Gasteiger partial charge in [0.05, 0.1) is 11.9 Å². The van der Waals surface area contributed by atoms with E-state index in [0.717, 1.165) is 0 Å². The quantitative estimate of drug-likeness (QED) is 0.409. The third-order valence-corrected chi connectivity index (χ3v) is 1.42. The molecule has 0 aromatic carbocycles. The number of aliphatic carboxylic acids is 4. The third kappa shape index (κ3) is 14.9. The number of carbonyl (C=O) groups excluding carboxylic acids is 4. The van der Waals surface area contributed by atoms with E-state index in [1.54, 1.807) is 0 Å². The summed E-state index contributed by atoms with van der Waals surface area (Å²) >= 11 is 0. The summed E-state index contributed by atoms with van der Waals surface area (Å²) < 4.78 is 0. The SMILES string of the molecule is NCC(=O)[O-].O=C([O-])CC(O)(CC(=O)[O-])C(=O)[O-].[Cu+2].[Cu+2]. The zero-order chi connectivity index (χ0) is 14.9. The predicted octanol–water partition coefficient (Wildman–Crippen LogP) is -7.56. The first kappa shape index (κ1) is 27.2. The second-order valence-corrected chi connectivity index (χ2v) is 2.99. The van der Waals surface area contributed by atoms with Gasteiger partial charge in [-0.25, -0.2) is 0 Å². The van der Waals surface area contributed by atoms with Crippen LogP contribution in [0.4, 0.5) is 0 Å². The average molecular weight is 390 g/mol. The molecule has 0 aliphatic carbocycles. The third-order valence-electron chi connectivity index (χ3n) is 1.42. The molecule has 12 heteroatoms. The molecule has 0 unspecified atom stereocenters. The van der Waals surface area contributed by atoms with E-state index in [1.165, 1.54) is 0 Å². The van der Waals surface area contributed by atoms with Crippen molar-refractivity contribution >= 4 is 23.9 Å². The Bertz CT molecular complexity index is 331. The van der Waals surface area contributed by atoms with E-state index in [2.05, 4.69) is 5.73 Å². The Hall–Kier alpha value is -1.16. The van der Waals surface area contributed by atoms with Crippen molar-refractivity contribution in [3.63, 3.8) is 0 Å². The second kappa shape index (κ2) is 12.9. The van der Waals surface area contributed by atoms with Crippen molar-refractivity contribution in [2.24, 2.45) is 5.73 Å². The number of hydrogen-bond acceptors (Lipinski definition) is 10. The topological polar surface area (TPSA) is 207 Å². The fourth-order valence-corrected chi connectivity index (χ4v) is 0.684. The maximum Gasteiger partial charge on any atom is 2.00 e. The summed E-state index contributed by atoms with van der Waals surface area (Å²) in [7, 11) is 0. The monoisotopic (exact) mass is 389 g/mol. The van der Waals surface area contributed by atoms with Gasteiger partial charge in [0.1, 0.15) is 5.60 Å². The molecule has 122 valence electrons. The van der Waals surface area contributed by atoms with Crippen molar-refractivity contribution in [3.05, 3.63) is 0 Å². The van der Waals surface area contributed by atoms with Crippen LogP contribution < -0.4 is 26.2 Å². The summed E-state index contributed by atoms with van der Waals surface area (Å²) in [6.07, 6.45) is -2.72. The van der Waals surface area contributed by atoms with Crippen LogP contribution in [0.2, 0.25) is 0 Å². The molecule has 0 atom stereocenters. The number of rotatable bonds is 6. The second-order valence-electron chi connectivity index (χ2n) is 2.99. The van der Waals surface area contributed by atoms with E-state index in [-0.39, 0.29) is 40.7 Å². The van der Waals surface area contributed by atoms with Crippen molar-refractivity contribution in [1.29, 1.82) is 0 Å². The minimum absolute atomic E-state index is 0. The van der Waals surface area contributed by atoms with Crippen LogP contribution in [0.15, 0.2) is 0 Å². The standard InChI is InChI=1S/C6H8O7.C2H5NO2.2Cu/c7-3(8)1-6(13,5(11)12)2-4(9)10;3-1-2(4)5;;/h13H,1-2H2,(H,7,8)(H,9,10)(H,11,12);1,3H2,(H,4,5);;/q;;2*+2/p-4. The molecular weight excluding hydrogens is 381 g/mol. The Morgan fingerprint density at radius 2 is 1.10 bits per heavy atom. The molecule has 0 amide bonds. The fraction of sp³-hybridized carbons (Fsp3) is 0.500. The summed E-state index contributed by atoms with van der Waals surface area (Å²) in [4.78, 5) is 39.1. The first-order chi connectivity index (χ1) is 8.05. The zero-order valence-corrected chi connectivity index (χ0v) is 11.4. The van der Waals surface area contributed by atoms with Gasteiger partial charge in [-0.2, -0.15) is 0 Å². The number of nitrogens with two attached hydrogens (primary N) is 1. The van der Waals surface area contributed by atoms with E-state index in [1.807, 2.05) is 0 Å². The van der Waals surface area contributed by atoms with Gasteiger partial charge < -0.3 is 50.4 Å². The van der Waals surface area contributed by atoms with Crippen molar-refractivity contribution in [2.45, 2.75) is 18.4 Å². The Labute approximate surface area is 133 Å². The molecule has 20 heavy (non-hydrogen) atoms. The van der Waals surface area contributed by atoms with Crippen molar-refractivity contribution in [3.8, 4) is 0 Å². The molecular formula is C8H9Cu2NO9. The van der Waals surface area contributed by atoms with Crippen LogP contribution >= 0.6 is 0 Å². The summed E-state index contributed by atoms with van der Waals surface area (Å²) in [5.74, 6) is -7.20. The number of carbonyl (C=O) groups is 4. The van der Waals surface area contributed by atoms with Gasteiger partial charge in [-0.3, -0.25) is 0 Å². The molecule has 0 fully saturated rings. The maximum atomic E-state index is 10.1. The smallest absolute Gasteiger partial charge is 0.550 e. The first-order valence-electron chi connectivity index (χ1n) is 4.28. The Kier molecular flexibility index (Phi) is 17.5. The molecule has 0 aliphatic heterocycles. The summed E-state index contributed by atoms with van der Waals surface area (Å²) in [6.45, 7) is -0.389. The van der Waals surface area contributed by atoms with Crippen LogP contribution in [0.25, 0.3) is 0 Å². The number of hydrogen-bond donors (Lipinski definition) is 2. The van der Waals surface area contributed by atoms with Crippen LogP contribution in [-0.2, 0) is 53.3 Å². The van der Waals surface area contributed by atoms with Gasteiger partial charge in [0.25, 0.3) is 0 Å². The van der Waals surface area contributed by atoms with Crippen molar-refractivity contribution in [2.75, 3.05) is 6.54 Å². The normalized spacial score (nSPS) is 8.90. The minimum Gasteiger partial charge on any atom is -0.550 e. The molecule has 3 N–H and O–H groups in total. The van der Waals surface area contributed by atoms with Crippen LogP contribution in [0.1, 0.15) is 12.8 Å². The van der Waals surface area contributed by atoms with Crippen molar-refractivity contribution in [1.82, 2.24) is 0 Å². The van der Waals surface area contributed by atoms with Gasteiger partial charge in [-0.05, 0) is 0 Å². The van der Waals surface area contributed by atoms with Gasteiger partial charge in [0, 0.05) is 31.3 Å². The van der Waals surface area contributed by atoms with Crippen LogP contribution in [-0.4, -0.2) is 41.1 Å². The van der Waals surface area contributed by atoms with Gasteiger partial charge >= 0.3 is 34.1 Å². The first-order valence-corrected chi connectivity index (χ1v) is 4.28. The van der Waals surface area contributed by atoms with Crippen LogP contribution in [0.3, 0.4) is 0 Å². The Morgan fingerprint density at radius 3 is 1.20 bits per heavy atom. The largest absolute Gasteiger partial charge is 2.00 e. The van der Waals surface area contributed by atoms with Gasteiger partial charge in [0.15, 0.2) is 0 Å². The molecule has 0 aliphatic rings. The van der Waals surface area contributed by atoms with Crippen LogP contribution in [0, 0.1) is 0 Å². The molecule has 0 saturated heterocycles. The predicted molar refractivity (Wildman–Crippen MR) is 43.3 cm³/mol. The average Bonchev–Trinajstić information content (AvgIpc) is 2.15. The number of aliphatic hydroxyl groups is 1. The summed E-state index contributed by atoms with van der Waals surface area (Å²) in [5, 5.41) is 48.1. The summed E-state index contributed by atoms with van der Waals surface area (Å²) in [6, 6.07) is 0. The molecule has 10 nitrogen and oxygen atoms in total. The van der Waals surface area contributed by atoms with E-state index in [0.29, 0.717) is 0 Å². The molecule has 0 aromatic rings. The number of carboxylic acid groups (broad SMARTS) is 4. The maximum absolute atomic E-state index is 10.1. The van der Waals surface area contributed by atoms with E-state index in [9.17, 15) is 29.7 Å². The van der Waals surface area contributed by atoms with Gasteiger partial charge in [-0.1, -0.05) is 0 Å². The zero-order valence-electron chi connectivity index (χ0n) is 9.51. The fourth-order valence-electron chi connectivity index (χ4n) is 0.684.